The van der Waals surface area contributed by atoms with E-state index in [1.807, 2.05) is 38.1 Å². The van der Waals surface area contributed by atoms with Crippen LogP contribution >= 0.6 is 0 Å². The zero-order chi connectivity index (χ0) is 26.2. The topological polar surface area (TPSA) is 99.1 Å². The molecule has 0 radical (unpaired) electrons. The highest BCUT2D eigenvalue weighted by Crippen LogP contribution is 2.27. The van der Waals surface area contributed by atoms with Crippen molar-refractivity contribution >= 4 is 11.8 Å². The van der Waals surface area contributed by atoms with Gasteiger partial charge in [-0.3, -0.25) is 19.5 Å². The van der Waals surface area contributed by atoms with Crippen LogP contribution in [0.4, 0.5) is 0 Å². The number of pyridine rings is 2. The lowest BCUT2D eigenvalue weighted by Crippen LogP contribution is -2.50. The largest absolute Gasteiger partial charge is 0.472 e. The minimum atomic E-state index is -0.408. The summed E-state index contributed by atoms with van der Waals surface area (Å²) in [5, 5.41) is 9.82. The van der Waals surface area contributed by atoms with E-state index in [1.165, 1.54) is 0 Å². The van der Waals surface area contributed by atoms with E-state index < -0.39 is 6.10 Å². The number of amides is 2. The van der Waals surface area contributed by atoms with E-state index in [2.05, 4.69) is 21.8 Å². The van der Waals surface area contributed by atoms with Gasteiger partial charge in [0.1, 0.15) is 11.7 Å². The highest BCUT2D eigenvalue weighted by Gasteiger charge is 2.34. The summed E-state index contributed by atoms with van der Waals surface area (Å²) in [6.45, 7) is 4.89. The first-order chi connectivity index (χ1) is 17.2. The molecular weight excluding hydrogens is 458 g/mol. The van der Waals surface area contributed by atoms with Gasteiger partial charge in [0.05, 0.1) is 32.2 Å². The first-order valence-electron chi connectivity index (χ1n) is 12.0. The summed E-state index contributed by atoms with van der Waals surface area (Å²) in [6.07, 6.45) is 4.78. The predicted molar refractivity (Wildman–Crippen MR) is 136 cm³/mol. The van der Waals surface area contributed by atoms with Crippen LogP contribution in [0.1, 0.15) is 35.3 Å². The SMILES string of the molecule is C[C@H](CO)N1C[C@H](C)[C@H](CN(C)C(=O)Cc2ccncc2)Oc2ncc(C#CCN(C)C)cc2C1=O. The Bertz CT molecular complexity index is 1110. The van der Waals surface area contributed by atoms with Crippen LogP contribution < -0.4 is 4.74 Å². The van der Waals surface area contributed by atoms with Gasteiger partial charge >= 0.3 is 0 Å². The Labute approximate surface area is 213 Å². The average Bonchev–Trinajstić information content (AvgIpc) is 2.86. The van der Waals surface area contributed by atoms with Crippen molar-refractivity contribution in [3.63, 3.8) is 0 Å². The van der Waals surface area contributed by atoms with Crippen LogP contribution in [0.25, 0.3) is 0 Å². The number of carbonyl (C=O) groups excluding carboxylic acids is 2. The van der Waals surface area contributed by atoms with Crippen molar-refractivity contribution in [3.8, 4) is 17.7 Å². The van der Waals surface area contributed by atoms with Crippen molar-refractivity contribution in [2.75, 3.05) is 47.4 Å². The maximum absolute atomic E-state index is 13.5. The number of ether oxygens (including phenoxy) is 1. The second-order valence-corrected chi connectivity index (χ2v) is 9.55. The quantitative estimate of drug-likeness (QED) is 0.581. The molecule has 0 saturated carbocycles. The summed E-state index contributed by atoms with van der Waals surface area (Å²) in [5.41, 5.74) is 1.80. The van der Waals surface area contributed by atoms with Crippen LogP contribution in [-0.2, 0) is 11.2 Å². The molecule has 9 nitrogen and oxygen atoms in total. The molecule has 1 N–H and O–H groups in total. The Morgan fingerprint density at radius 3 is 2.69 bits per heavy atom. The summed E-state index contributed by atoms with van der Waals surface area (Å²) in [7, 11) is 5.60. The third kappa shape index (κ3) is 7.03. The predicted octanol–water partition coefficient (Wildman–Crippen LogP) is 1.31. The molecular formula is C27H35N5O4. The van der Waals surface area contributed by atoms with E-state index >= 15 is 0 Å². The number of rotatable bonds is 7. The van der Waals surface area contributed by atoms with Crippen molar-refractivity contribution in [2.45, 2.75) is 32.4 Å². The maximum atomic E-state index is 13.5. The molecule has 1 aliphatic rings. The number of carbonyl (C=O) groups is 2. The van der Waals surface area contributed by atoms with E-state index in [9.17, 15) is 14.7 Å². The number of aromatic nitrogens is 2. The van der Waals surface area contributed by atoms with Crippen LogP contribution in [-0.4, -0.2) is 101 Å². The molecule has 0 aliphatic carbocycles. The van der Waals surface area contributed by atoms with Crippen molar-refractivity contribution in [3.05, 3.63) is 53.5 Å². The number of hydrogen-bond acceptors (Lipinski definition) is 7. The first-order valence-corrected chi connectivity index (χ1v) is 12.0. The first kappa shape index (κ1) is 27.1. The number of likely N-dealkylation sites (N-methyl/N-ethyl adjacent to an activating group) is 1. The maximum Gasteiger partial charge on any atom is 0.259 e. The molecule has 1 aliphatic heterocycles. The van der Waals surface area contributed by atoms with Crippen molar-refractivity contribution in [1.29, 1.82) is 0 Å². The van der Waals surface area contributed by atoms with Crippen LogP contribution in [0, 0.1) is 17.8 Å². The van der Waals surface area contributed by atoms with E-state index in [4.69, 9.17) is 4.74 Å². The van der Waals surface area contributed by atoms with E-state index in [-0.39, 0.29) is 42.7 Å². The molecule has 0 aromatic carbocycles. The van der Waals surface area contributed by atoms with Crippen molar-refractivity contribution in [2.24, 2.45) is 5.92 Å². The highest BCUT2D eigenvalue weighted by atomic mass is 16.5. The van der Waals surface area contributed by atoms with Crippen LogP contribution in [0.3, 0.4) is 0 Å². The molecule has 0 fully saturated rings. The smallest absolute Gasteiger partial charge is 0.259 e. The minimum absolute atomic E-state index is 0.0459. The molecule has 0 bridgehead atoms. The Morgan fingerprint density at radius 2 is 2.03 bits per heavy atom. The molecule has 3 atom stereocenters. The van der Waals surface area contributed by atoms with Crippen LogP contribution in [0.5, 0.6) is 5.88 Å². The second kappa shape index (κ2) is 12.5. The van der Waals surface area contributed by atoms with Crippen LogP contribution in [0.15, 0.2) is 36.8 Å². The fourth-order valence-electron chi connectivity index (χ4n) is 3.87. The Kier molecular flexibility index (Phi) is 9.39. The van der Waals surface area contributed by atoms with Gasteiger partial charge in [0.25, 0.3) is 5.91 Å². The Hall–Kier alpha value is -3.48. The minimum Gasteiger partial charge on any atom is -0.472 e. The fraction of sp³-hybridized carbons (Fsp3) is 0.481. The molecule has 2 amide bonds. The molecule has 36 heavy (non-hydrogen) atoms. The third-order valence-corrected chi connectivity index (χ3v) is 6.13. The van der Waals surface area contributed by atoms with Crippen molar-refractivity contribution in [1.82, 2.24) is 24.7 Å². The highest BCUT2D eigenvalue weighted by molar-refractivity contribution is 5.97. The summed E-state index contributed by atoms with van der Waals surface area (Å²) in [4.78, 5) is 40.0. The monoisotopic (exact) mass is 493 g/mol. The summed E-state index contributed by atoms with van der Waals surface area (Å²) >= 11 is 0. The molecule has 0 saturated heterocycles. The van der Waals surface area contributed by atoms with E-state index in [0.29, 0.717) is 30.8 Å². The lowest BCUT2D eigenvalue weighted by Gasteiger charge is -2.37. The molecule has 192 valence electrons. The normalized spacial score (nSPS) is 18.3. The summed E-state index contributed by atoms with van der Waals surface area (Å²) in [6, 6.07) is 4.94. The molecule has 0 unspecified atom stereocenters. The Morgan fingerprint density at radius 1 is 1.31 bits per heavy atom. The zero-order valence-corrected chi connectivity index (χ0v) is 21.6. The average molecular weight is 494 g/mol. The number of aliphatic hydroxyl groups excluding tert-OH is 1. The number of nitrogens with zero attached hydrogens (tertiary/aromatic N) is 5. The van der Waals surface area contributed by atoms with Gasteiger partial charge in [-0.15, -0.1) is 0 Å². The molecule has 3 heterocycles. The number of fused-ring (bicyclic) bond motifs is 1. The summed E-state index contributed by atoms with van der Waals surface area (Å²) in [5.74, 6) is 5.88. The molecule has 3 rings (SSSR count). The van der Waals surface area contributed by atoms with Gasteiger partial charge in [-0.25, -0.2) is 4.98 Å². The van der Waals surface area contributed by atoms with Gasteiger partial charge < -0.3 is 19.6 Å². The zero-order valence-electron chi connectivity index (χ0n) is 21.6. The number of hydrogen-bond donors (Lipinski definition) is 1. The second-order valence-electron chi connectivity index (χ2n) is 9.55. The molecule has 9 heteroatoms. The van der Waals surface area contributed by atoms with E-state index in [0.717, 1.165) is 5.56 Å². The molecule has 0 spiro atoms. The standard InChI is InChI=1S/C27H35N5O4/c1-19-16-32(20(2)18-33)27(35)23-13-22(7-6-12-30(3)4)15-29-26(23)36-24(19)17-31(5)25(34)14-21-8-10-28-11-9-21/h8-11,13,15,19-20,24,33H,12,14,16-18H2,1-5H3/t19-,20+,24-/m0/s1. The fourth-order valence-corrected chi connectivity index (χ4v) is 3.87. The lowest BCUT2D eigenvalue weighted by molar-refractivity contribution is -0.130. The van der Waals surface area contributed by atoms with Crippen molar-refractivity contribution < 1.29 is 19.4 Å². The van der Waals surface area contributed by atoms with Gasteiger partial charge in [-0.05, 0) is 44.8 Å². The number of aliphatic hydroxyl groups is 1. The molecule has 2 aromatic heterocycles. The van der Waals surface area contributed by atoms with Gasteiger partial charge in [0.2, 0.25) is 11.8 Å². The van der Waals surface area contributed by atoms with Gasteiger partial charge in [-0.2, -0.15) is 0 Å². The summed E-state index contributed by atoms with van der Waals surface area (Å²) < 4.78 is 6.27. The third-order valence-electron chi connectivity index (χ3n) is 6.13. The lowest BCUT2D eigenvalue weighted by atomic mass is 9.99. The van der Waals surface area contributed by atoms with E-state index in [1.54, 1.807) is 48.4 Å². The van der Waals surface area contributed by atoms with Gasteiger partial charge in [-0.1, -0.05) is 18.8 Å². The van der Waals surface area contributed by atoms with Gasteiger partial charge in [0, 0.05) is 43.7 Å². The molecule has 2 aromatic rings. The van der Waals surface area contributed by atoms with Gasteiger partial charge in [0.15, 0.2) is 0 Å². The van der Waals surface area contributed by atoms with Crippen LogP contribution in [0.2, 0.25) is 0 Å². The Balaban J connectivity index is 1.87.